The van der Waals surface area contributed by atoms with Gasteiger partial charge in [-0.3, -0.25) is 4.79 Å². The van der Waals surface area contributed by atoms with Gasteiger partial charge < -0.3 is 24.2 Å². The van der Waals surface area contributed by atoms with E-state index in [4.69, 9.17) is 14.2 Å². The first-order valence-corrected chi connectivity index (χ1v) is 8.15. The third kappa shape index (κ3) is 5.17. The number of morpholine rings is 1. The van der Waals surface area contributed by atoms with Crippen LogP contribution in [0.25, 0.3) is 0 Å². The Kier molecular flexibility index (Phi) is 6.02. The van der Waals surface area contributed by atoms with Gasteiger partial charge in [0.2, 0.25) is 0 Å². The second-order valence-electron chi connectivity index (χ2n) is 6.88. The first-order chi connectivity index (χ1) is 11.7. The number of amides is 1. The van der Waals surface area contributed by atoms with Crippen LogP contribution in [-0.4, -0.2) is 60.0 Å². The number of carbonyl (C=O) groups excluding carboxylic acids is 2. The van der Waals surface area contributed by atoms with E-state index in [1.54, 1.807) is 32.8 Å². The number of hydrogen-bond acceptors (Lipinski definition) is 6. The van der Waals surface area contributed by atoms with Gasteiger partial charge in [0, 0.05) is 13.1 Å². The van der Waals surface area contributed by atoms with Crippen LogP contribution in [0.2, 0.25) is 0 Å². The van der Waals surface area contributed by atoms with Crippen LogP contribution in [0.5, 0.6) is 5.75 Å². The highest BCUT2D eigenvalue weighted by Crippen LogP contribution is 2.18. The number of nitrogens with zero attached hydrogens (tertiary/aromatic N) is 1. The lowest BCUT2D eigenvalue weighted by molar-refractivity contribution is -0.184. The van der Waals surface area contributed by atoms with E-state index in [2.05, 4.69) is 0 Å². The molecule has 1 fully saturated rings. The van der Waals surface area contributed by atoms with Gasteiger partial charge >= 0.3 is 5.97 Å². The molecule has 1 aromatic rings. The van der Waals surface area contributed by atoms with Crippen LogP contribution < -0.4 is 4.74 Å². The third-order valence-electron chi connectivity index (χ3n) is 3.68. The standard InChI is InChI=1S/C18H25NO6/c1-18(2,3)25-17(22)14(20)15-16(21)19(9-10-24-15)11-12-5-7-13(23-4)8-6-12/h5-8,14-15,20H,9-11H2,1-4H3/t14-,15-/m1/s1. The molecule has 2 rings (SSSR count). The van der Waals surface area contributed by atoms with Gasteiger partial charge in [-0.25, -0.2) is 4.79 Å². The average molecular weight is 351 g/mol. The Bertz CT molecular complexity index is 607. The van der Waals surface area contributed by atoms with Crippen molar-refractivity contribution in [3.8, 4) is 5.75 Å². The molecule has 1 aliphatic rings. The van der Waals surface area contributed by atoms with Crippen molar-refractivity contribution in [3.05, 3.63) is 29.8 Å². The fraction of sp³-hybridized carbons (Fsp3) is 0.556. The van der Waals surface area contributed by atoms with Crippen LogP contribution in [0.1, 0.15) is 26.3 Å². The molecule has 1 amide bonds. The van der Waals surface area contributed by atoms with Crippen LogP contribution in [-0.2, 0) is 25.6 Å². The monoisotopic (exact) mass is 351 g/mol. The average Bonchev–Trinajstić information content (AvgIpc) is 2.55. The molecule has 2 atom stereocenters. The van der Waals surface area contributed by atoms with Crippen molar-refractivity contribution in [2.75, 3.05) is 20.3 Å². The predicted molar refractivity (Wildman–Crippen MR) is 90.0 cm³/mol. The number of carbonyl (C=O) groups is 2. The predicted octanol–water partition coefficient (Wildman–Crippen LogP) is 1.13. The maximum absolute atomic E-state index is 12.6. The number of ether oxygens (including phenoxy) is 3. The molecule has 1 aromatic carbocycles. The van der Waals surface area contributed by atoms with Gasteiger partial charge in [-0.15, -0.1) is 0 Å². The van der Waals surface area contributed by atoms with Crippen LogP contribution in [0.4, 0.5) is 0 Å². The molecule has 0 radical (unpaired) electrons. The summed E-state index contributed by atoms with van der Waals surface area (Å²) < 4.78 is 15.6. The van der Waals surface area contributed by atoms with Crippen molar-refractivity contribution in [3.63, 3.8) is 0 Å². The van der Waals surface area contributed by atoms with E-state index in [-0.39, 0.29) is 6.61 Å². The van der Waals surface area contributed by atoms with Crippen molar-refractivity contribution in [2.24, 2.45) is 0 Å². The van der Waals surface area contributed by atoms with Crippen molar-refractivity contribution in [1.82, 2.24) is 4.90 Å². The van der Waals surface area contributed by atoms with E-state index >= 15 is 0 Å². The zero-order chi connectivity index (χ0) is 18.6. The third-order valence-corrected chi connectivity index (χ3v) is 3.68. The van der Waals surface area contributed by atoms with E-state index < -0.39 is 29.7 Å². The van der Waals surface area contributed by atoms with Gasteiger partial charge in [0.15, 0.2) is 12.2 Å². The fourth-order valence-corrected chi connectivity index (χ4v) is 2.47. The largest absolute Gasteiger partial charge is 0.497 e. The van der Waals surface area contributed by atoms with Gasteiger partial charge in [-0.05, 0) is 38.5 Å². The number of rotatable bonds is 5. The minimum Gasteiger partial charge on any atom is -0.497 e. The van der Waals surface area contributed by atoms with Crippen LogP contribution in [0.15, 0.2) is 24.3 Å². The summed E-state index contributed by atoms with van der Waals surface area (Å²) in [6, 6.07) is 7.35. The lowest BCUT2D eigenvalue weighted by Gasteiger charge is -2.34. The summed E-state index contributed by atoms with van der Waals surface area (Å²) in [7, 11) is 1.59. The molecule has 1 saturated heterocycles. The first-order valence-electron chi connectivity index (χ1n) is 8.15. The summed E-state index contributed by atoms with van der Waals surface area (Å²) >= 11 is 0. The Labute approximate surface area is 147 Å². The normalized spacial score (nSPS) is 19.5. The molecule has 25 heavy (non-hydrogen) atoms. The van der Waals surface area contributed by atoms with Crippen LogP contribution in [0.3, 0.4) is 0 Å². The van der Waals surface area contributed by atoms with Crippen LogP contribution in [0, 0.1) is 0 Å². The summed E-state index contributed by atoms with van der Waals surface area (Å²) in [5.41, 5.74) is 0.167. The number of hydrogen-bond donors (Lipinski definition) is 1. The van der Waals surface area contributed by atoms with E-state index in [1.807, 2.05) is 24.3 Å². The Morgan fingerprint density at radius 2 is 2.00 bits per heavy atom. The summed E-state index contributed by atoms with van der Waals surface area (Å²) in [6.07, 6.45) is -2.90. The number of aliphatic hydroxyl groups is 1. The van der Waals surface area contributed by atoms with E-state index in [9.17, 15) is 14.7 Å². The van der Waals surface area contributed by atoms with E-state index in [0.29, 0.717) is 13.1 Å². The molecule has 0 aliphatic carbocycles. The van der Waals surface area contributed by atoms with Crippen molar-refractivity contribution >= 4 is 11.9 Å². The summed E-state index contributed by atoms with van der Waals surface area (Å²) in [5.74, 6) is -0.562. The van der Waals surface area contributed by atoms with E-state index in [0.717, 1.165) is 11.3 Å². The summed E-state index contributed by atoms with van der Waals surface area (Å²) in [4.78, 5) is 26.1. The van der Waals surface area contributed by atoms with Gasteiger partial charge in [0.05, 0.1) is 13.7 Å². The quantitative estimate of drug-likeness (QED) is 0.801. The highest BCUT2D eigenvalue weighted by Gasteiger charge is 2.40. The Morgan fingerprint density at radius 1 is 1.36 bits per heavy atom. The second-order valence-corrected chi connectivity index (χ2v) is 6.88. The minimum absolute atomic E-state index is 0.242. The van der Waals surface area contributed by atoms with Gasteiger partial charge in [0.25, 0.3) is 5.91 Å². The zero-order valence-electron chi connectivity index (χ0n) is 15.0. The molecule has 1 aliphatic heterocycles. The van der Waals surface area contributed by atoms with Gasteiger partial charge in [-0.1, -0.05) is 12.1 Å². The molecular formula is C18H25NO6. The first kappa shape index (κ1) is 19.2. The molecule has 0 aromatic heterocycles. The highest BCUT2D eigenvalue weighted by atomic mass is 16.6. The maximum Gasteiger partial charge on any atom is 0.338 e. The molecule has 1 heterocycles. The SMILES string of the molecule is COc1ccc(CN2CCO[C@H]([C@@H](O)C(=O)OC(C)(C)C)C2=O)cc1. The number of aliphatic hydroxyl groups excluding tert-OH is 1. The van der Waals surface area contributed by atoms with Crippen molar-refractivity contribution < 1.29 is 28.9 Å². The molecular weight excluding hydrogens is 326 g/mol. The van der Waals surface area contributed by atoms with E-state index in [1.165, 1.54) is 0 Å². The molecule has 0 unspecified atom stereocenters. The lowest BCUT2D eigenvalue weighted by atomic mass is 10.1. The molecule has 7 nitrogen and oxygen atoms in total. The smallest absolute Gasteiger partial charge is 0.338 e. The van der Waals surface area contributed by atoms with Gasteiger partial charge in [0.1, 0.15) is 11.4 Å². The van der Waals surface area contributed by atoms with Crippen molar-refractivity contribution in [2.45, 2.75) is 45.1 Å². The molecule has 7 heteroatoms. The Morgan fingerprint density at radius 3 is 2.56 bits per heavy atom. The zero-order valence-corrected chi connectivity index (χ0v) is 15.0. The Balaban J connectivity index is 2.02. The topological polar surface area (TPSA) is 85.3 Å². The summed E-state index contributed by atoms with van der Waals surface area (Å²) in [5, 5.41) is 10.2. The van der Waals surface area contributed by atoms with Gasteiger partial charge in [-0.2, -0.15) is 0 Å². The number of methoxy groups -OCH3 is 1. The minimum atomic E-state index is -1.65. The van der Waals surface area contributed by atoms with Crippen molar-refractivity contribution in [1.29, 1.82) is 0 Å². The molecule has 0 spiro atoms. The van der Waals surface area contributed by atoms with Crippen LogP contribution >= 0.6 is 0 Å². The fourth-order valence-electron chi connectivity index (χ4n) is 2.47. The number of benzene rings is 1. The molecule has 0 saturated carbocycles. The molecule has 1 N–H and O–H groups in total. The maximum atomic E-state index is 12.6. The molecule has 0 bridgehead atoms. The second kappa shape index (κ2) is 7.84. The number of esters is 1. The summed E-state index contributed by atoms with van der Waals surface area (Å²) in [6.45, 7) is 6.07. The Hall–Kier alpha value is -2.12. The lowest BCUT2D eigenvalue weighted by Crippen LogP contribution is -2.54. The highest BCUT2D eigenvalue weighted by molar-refractivity contribution is 5.89. The molecule has 138 valence electrons.